The third-order valence-corrected chi connectivity index (χ3v) is 4.90. The highest BCUT2D eigenvalue weighted by atomic mass is 32.2. The monoisotopic (exact) mass is 413 g/mol. The lowest BCUT2D eigenvalue weighted by atomic mass is 10.1. The van der Waals surface area contributed by atoms with E-state index in [2.05, 4.69) is 9.82 Å². The Balaban J connectivity index is 1.81. The van der Waals surface area contributed by atoms with Gasteiger partial charge in [0, 0.05) is 22.5 Å². The molecule has 1 aromatic heterocycles. The van der Waals surface area contributed by atoms with Crippen molar-refractivity contribution in [2.24, 2.45) is 0 Å². The van der Waals surface area contributed by atoms with Crippen LogP contribution < -0.4 is 4.72 Å². The first-order valence-corrected chi connectivity index (χ1v) is 10.7. The summed E-state index contributed by atoms with van der Waals surface area (Å²) in [7, 11) is -3.37. The Morgan fingerprint density at radius 2 is 1.69 bits per heavy atom. The summed E-state index contributed by atoms with van der Waals surface area (Å²) in [4.78, 5) is 12.5. The predicted octanol–water partition coefficient (Wildman–Crippen LogP) is 3.90. The minimum absolute atomic E-state index is 0.218. The number of aryl methyl sites for hydroxylation is 1. The van der Waals surface area contributed by atoms with Crippen LogP contribution in [-0.4, -0.2) is 30.2 Å². The van der Waals surface area contributed by atoms with Crippen molar-refractivity contribution in [1.82, 2.24) is 9.78 Å². The molecule has 0 aliphatic carbocycles. The second-order valence-corrected chi connectivity index (χ2v) is 8.37. The van der Waals surface area contributed by atoms with Crippen molar-refractivity contribution < 1.29 is 17.6 Å². The molecule has 0 bridgehead atoms. The SMILES string of the molecule is Cc1nn(-c2ccc(F)cc2)c(C)c1C=CC(=O)c1ccc(NS(C)(=O)=O)cc1. The van der Waals surface area contributed by atoms with Crippen molar-refractivity contribution in [3.05, 3.63) is 82.9 Å². The first-order valence-electron chi connectivity index (χ1n) is 8.76. The molecule has 0 spiro atoms. The van der Waals surface area contributed by atoms with Crippen molar-refractivity contribution in [1.29, 1.82) is 0 Å². The number of hydrogen-bond acceptors (Lipinski definition) is 4. The molecule has 8 heteroatoms. The zero-order chi connectivity index (χ0) is 21.2. The number of aromatic nitrogens is 2. The molecular formula is C21H20FN3O3S. The smallest absolute Gasteiger partial charge is 0.229 e. The van der Waals surface area contributed by atoms with E-state index in [0.29, 0.717) is 11.3 Å². The average molecular weight is 413 g/mol. The number of halogens is 1. The first kappa shape index (κ1) is 20.5. The molecule has 0 amide bonds. The number of hydrogen-bond donors (Lipinski definition) is 1. The van der Waals surface area contributed by atoms with Crippen LogP contribution in [-0.2, 0) is 10.0 Å². The van der Waals surface area contributed by atoms with Crippen molar-refractivity contribution in [2.75, 3.05) is 11.0 Å². The van der Waals surface area contributed by atoms with Crippen LogP contribution in [0.15, 0.2) is 54.6 Å². The number of benzene rings is 2. The molecule has 0 aliphatic rings. The quantitative estimate of drug-likeness (QED) is 0.491. The van der Waals surface area contributed by atoms with Gasteiger partial charge in [0.25, 0.3) is 0 Å². The van der Waals surface area contributed by atoms with Gasteiger partial charge in [-0.25, -0.2) is 17.5 Å². The van der Waals surface area contributed by atoms with Crippen LogP contribution in [0.25, 0.3) is 11.8 Å². The van der Waals surface area contributed by atoms with Crippen LogP contribution in [0, 0.1) is 19.7 Å². The van der Waals surface area contributed by atoms with Gasteiger partial charge in [-0.3, -0.25) is 9.52 Å². The molecule has 0 aliphatic heterocycles. The zero-order valence-corrected chi connectivity index (χ0v) is 17.0. The van der Waals surface area contributed by atoms with Gasteiger partial charge in [-0.15, -0.1) is 0 Å². The zero-order valence-electron chi connectivity index (χ0n) is 16.2. The third-order valence-electron chi connectivity index (χ3n) is 4.29. The maximum Gasteiger partial charge on any atom is 0.229 e. The molecule has 29 heavy (non-hydrogen) atoms. The fourth-order valence-electron chi connectivity index (χ4n) is 2.90. The van der Waals surface area contributed by atoms with Crippen molar-refractivity contribution >= 4 is 27.6 Å². The van der Waals surface area contributed by atoms with E-state index in [0.717, 1.165) is 28.9 Å². The highest BCUT2D eigenvalue weighted by molar-refractivity contribution is 7.92. The molecule has 2 aromatic carbocycles. The molecular weight excluding hydrogens is 393 g/mol. The molecule has 3 rings (SSSR count). The molecule has 1 heterocycles. The van der Waals surface area contributed by atoms with E-state index in [1.165, 1.54) is 30.3 Å². The van der Waals surface area contributed by atoms with Crippen molar-refractivity contribution in [3.8, 4) is 5.69 Å². The molecule has 0 saturated heterocycles. The summed E-state index contributed by atoms with van der Waals surface area (Å²) in [6, 6.07) is 12.2. The van der Waals surface area contributed by atoms with Crippen LogP contribution in [0.1, 0.15) is 27.3 Å². The maximum atomic E-state index is 13.2. The summed E-state index contributed by atoms with van der Waals surface area (Å²) >= 11 is 0. The number of allylic oxidation sites excluding steroid dienone is 1. The molecule has 0 radical (unpaired) electrons. The summed E-state index contributed by atoms with van der Waals surface area (Å²) < 4.78 is 39.7. The minimum atomic E-state index is -3.37. The Morgan fingerprint density at radius 1 is 1.07 bits per heavy atom. The highest BCUT2D eigenvalue weighted by Gasteiger charge is 2.12. The lowest BCUT2D eigenvalue weighted by Crippen LogP contribution is -2.09. The normalized spacial score (nSPS) is 11.7. The lowest BCUT2D eigenvalue weighted by Gasteiger charge is -2.04. The highest BCUT2D eigenvalue weighted by Crippen LogP contribution is 2.20. The molecule has 3 aromatic rings. The minimum Gasteiger partial charge on any atom is -0.289 e. The van der Waals surface area contributed by atoms with Gasteiger partial charge in [-0.1, -0.05) is 0 Å². The van der Waals surface area contributed by atoms with Crippen LogP contribution in [0.2, 0.25) is 0 Å². The van der Waals surface area contributed by atoms with Gasteiger partial charge in [0.15, 0.2) is 5.78 Å². The Morgan fingerprint density at radius 3 is 2.28 bits per heavy atom. The number of carbonyl (C=O) groups is 1. The van der Waals surface area contributed by atoms with Gasteiger partial charge in [0.05, 0.1) is 17.6 Å². The molecule has 0 atom stereocenters. The van der Waals surface area contributed by atoms with E-state index >= 15 is 0 Å². The fourth-order valence-corrected chi connectivity index (χ4v) is 3.47. The summed E-state index contributed by atoms with van der Waals surface area (Å²) in [5, 5.41) is 4.47. The third kappa shape index (κ3) is 4.97. The molecule has 0 fully saturated rings. The van der Waals surface area contributed by atoms with Gasteiger partial charge in [0.2, 0.25) is 10.0 Å². The maximum absolute atomic E-state index is 13.2. The van der Waals surface area contributed by atoms with E-state index in [4.69, 9.17) is 0 Å². The van der Waals surface area contributed by atoms with Gasteiger partial charge >= 0.3 is 0 Å². The fraction of sp³-hybridized carbons (Fsp3) is 0.143. The number of carbonyl (C=O) groups excluding carboxylic acids is 1. The number of anilines is 1. The second-order valence-electron chi connectivity index (χ2n) is 6.62. The number of sulfonamides is 1. The number of ketones is 1. The van der Waals surface area contributed by atoms with E-state index in [1.807, 2.05) is 13.8 Å². The molecule has 150 valence electrons. The van der Waals surface area contributed by atoms with Crippen LogP contribution in [0.5, 0.6) is 0 Å². The molecule has 0 saturated carbocycles. The van der Waals surface area contributed by atoms with Gasteiger partial charge in [0.1, 0.15) is 5.82 Å². The van der Waals surface area contributed by atoms with Crippen molar-refractivity contribution in [3.63, 3.8) is 0 Å². The van der Waals surface area contributed by atoms with E-state index in [-0.39, 0.29) is 11.6 Å². The van der Waals surface area contributed by atoms with Crippen LogP contribution in [0.4, 0.5) is 10.1 Å². The Hall–Kier alpha value is -3.26. The van der Waals surface area contributed by atoms with Crippen molar-refractivity contribution in [2.45, 2.75) is 13.8 Å². The summed E-state index contributed by atoms with van der Waals surface area (Å²) in [5.41, 5.74) is 3.92. The average Bonchev–Trinajstić information content (AvgIpc) is 2.93. The molecule has 6 nitrogen and oxygen atoms in total. The molecule has 1 N–H and O–H groups in total. The summed E-state index contributed by atoms with van der Waals surface area (Å²) in [5.74, 6) is -0.539. The number of nitrogens with one attached hydrogen (secondary N) is 1. The Bertz CT molecular complexity index is 1180. The van der Waals surface area contributed by atoms with E-state index < -0.39 is 10.0 Å². The summed E-state index contributed by atoms with van der Waals surface area (Å²) in [6.45, 7) is 3.71. The van der Waals surface area contributed by atoms with E-state index in [9.17, 15) is 17.6 Å². The topological polar surface area (TPSA) is 81.1 Å². The largest absolute Gasteiger partial charge is 0.289 e. The Labute approximate surface area is 168 Å². The first-order chi connectivity index (χ1) is 13.6. The van der Waals surface area contributed by atoms with E-state index in [1.54, 1.807) is 35.0 Å². The van der Waals surface area contributed by atoms with Crippen LogP contribution >= 0.6 is 0 Å². The summed E-state index contributed by atoms with van der Waals surface area (Å²) in [6.07, 6.45) is 4.21. The van der Waals surface area contributed by atoms with Gasteiger partial charge in [-0.2, -0.15) is 5.10 Å². The molecule has 0 unspecified atom stereocenters. The lowest BCUT2D eigenvalue weighted by molar-refractivity contribution is 0.104. The van der Waals surface area contributed by atoms with Gasteiger partial charge in [-0.05, 0) is 74.5 Å². The van der Waals surface area contributed by atoms with Crippen LogP contribution in [0.3, 0.4) is 0 Å². The number of rotatable bonds is 6. The Kier molecular flexibility index (Phi) is 5.65. The number of nitrogens with zero attached hydrogens (tertiary/aromatic N) is 2. The second kappa shape index (κ2) is 8.00. The van der Waals surface area contributed by atoms with Gasteiger partial charge < -0.3 is 0 Å². The standard InChI is InChI=1S/C21H20FN3O3S/c1-14-20(15(2)25(23-14)19-10-6-17(22)7-11-19)12-13-21(26)16-4-8-18(9-5-16)24-29(3,27)28/h4-13,24H,1-3H3. The predicted molar refractivity (Wildman–Crippen MR) is 111 cm³/mol.